The maximum atomic E-state index is 13.1. The van der Waals surface area contributed by atoms with Crippen LogP contribution >= 0.6 is 11.3 Å². The Morgan fingerprint density at radius 3 is 2.55 bits per heavy atom. The summed E-state index contributed by atoms with van der Waals surface area (Å²) in [5.74, 6) is 0.803. The highest BCUT2D eigenvalue weighted by atomic mass is 32.1. The second-order valence-corrected chi connectivity index (χ2v) is 7.58. The minimum absolute atomic E-state index is 0.237. The van der Waals surface area contributed by atoms with Crippen LogP contribution in [0.4, 0.5) is 0 Å². The van der Waals surface area contributed by atoms with E-state index in [0.717, 1.165) is 16.0 Å². The summed E-state index contributed by atoms with van der Waals surface area (Å²) >= 11 is 1.50. The standard InChI is InChI=1S/C24H20N2O4S/c1-16(22-25-26-23(30-22)21-13-8-14-31-21)29-24(27)19(17-9-4-3-5-10-17)15-18-11-6-7-12-20(18)28-2/h3-16H,1-2H3/b19-15+. The number of methoxy groups -OCH3 is 1. The molecule has 2 aromatic carbocycles. The van der Waals surface area contributed by atoms with Crippen molar-refractivity contribution in [3.05, 3.63) is 89.1 Å². The van der Waals surface area contributed by atoms with Crippen LogP contribution in [0.5, 0.6) is 5.75 Å². The van der Waals surface area contributed by atoms with Gasteiger partial charge >= 0.3 is 5.97 Å². The fourth-order valence-corrected chi connectivity index (χ4v) is 3.64. The van der Waals surface area contributed by atoms with E-state index in [-0.39, 0.29) is 5.89 Å². The van der Waals surface area contributed by atoms with Gasteiger partial charge in [0, 0.05) is 5.56 Å². The van der Waals surface area contributed by atoms with Crippen LogP contribution in [0.15, 0.2) is 76.5 Å². The average Bonchev–Trinajstić information content (AvgIpc) is 3.50. The lowest BCUT2D eigenvalue weighted by molar-refractivity contribution is -0.142. The first kappa shape index (κ1) is 20.6. The van der Waals surface area contributed by atoms with Gasteiger partial charge in [0.05, 0.1) is 17.6 Å². The minimum atomic E-state index is -0.710. The molecule has 156 valence electrons. The number of para-hydroxylation sites is 1. The van der Waals surface area contributed by atoms with E-state index in [9.17, 15) is 4.79 Å². The number of nitrogens with zero attached hydrogens (tertiary/aromatic N) is 2. The Morgan fingerprint density at radius 2 is 1.81 bits per heavy atom. The van der Waals surface area contributed by atoms with Crippen molar-refractivity contribution in [1.82, 2.24) is 10.2 Å². The molecule has 2 aromatic heterocycles. The van der Waals surface area contributed by atoms with E-state index in [4.69, 9.17) is 13.9 Å². The number of aromatic nitrogens is 2. The largest absolute Gasteiger partial charge is 0.496 e. The van der Waals surface area contributed by atoms with Crippen molar-refractivity contribution in [3.8, 4) is 16.5 Å². The second-order valence-electron chi connectivity index (χ2n) is 6.64. The Balaban J connectivity index is 1.61. The van der Waals surface area contributed by atoms with Crippen LogP contribution in [0, 0.1) is 0 Å². The summed E-state index contributed by atoms with van der Waals surface area (Å²) in [6, 6.07) is 20.6. The maximum absolute atomic E-state index is 13.1. The Kier molecular flexibility index (Phi) is 6.24. The van der Waals surface area contributed by atoms with Crippen molar-refractivity contribution in [2.24, 2.45) is 0 Å². The highest BCUT2D eigenvalue weighted by Gasteiger charge is 2.22. The number of carbonyl (C=O) groups is 1. The molecule has 0 bridgehead atoms. The molecule has 1 unspecified atom stereocenters. The predicted octanol–water partition coefficient (Wildman–Crippen LogP) is 5.65. The van der Waals surface area contributed by atoms with Crippen molar-refractivity contribution in [2.75, 3.05) is 7.11 Å². The third kappa shape index (κ3) is 4.73. The number of rotatable bonds is 7. The monoisotopic (exact) mass is 432 g/mol. The first-order valence-electron chi connectivity index (χ1n) is 9.64. The van der Waals surface area contributed by atoms with Crippen molar-refractivity contribution in [1.29, 1.82) is 0 Å². The molecule has 0 amide bonds. The topological polar surface area (TPSA) is 74.5 Å². The number of hydrogen-bond acceptors (Lipinski definition) is 7. The number of ether oxygens (including phenoxy) is 2. The van der Waals surface area contributed by atoms with E-state index >= 15 is 0 Å². The van der Waals surface area contributed by atoms with Gasteiger partial charge in [0.1, 0.15) is 5.75 Å². The van der Waals surface area contributed by atoms with Crippen LogP contribution in [-0.2, 0) is 9.53 Å². The third-order valence-electron chi connectivity index (χ3n) is 4.55. The molecule has 0 aliphatic heterocycles. The van der Waals surface area contributed by atoms with Crippen LogP contribution in [0.25, 0.3) is 22.4 Å². The molecule has 31 heavy (non-hydrogen) atoms. The Morgan fingerprint density at radius 1 is 1.03 bits per heavy atom. The SMILES string of the molecule is COc1ccccc1/C=C(/C(=O)OC(C)c1nnc(-c2cccs2)o1)c1ccccc1. The van der Waals surface area contributed by atoms with Crippen molar-refractivity contribution >= 4 is 29.0 Å². The maximum Gasteiger partial charge on any atom is 0.339 e. The molecule has 6 nitrogen and oxygen atoms in total. The van der Waals surface area contributed by atoms with E-state index < -0.39 is 12.1 Å². The molecule has 0 aliphatic carbocycles. The van der Waals surface area contributed by atoms with Crippen LogP contribution in [0.1, 0.15) is 30.0 Å². The smallest absolute Gasteiger partial charge is 0.339 e. The molecule has 0 spiro atoms. The lowest BCUT2D eigenvalue weighted by atomic mass is 10.0. The summed E-state index contributed by atoms with van der Waals surface area (Å²) < 4.78 is 16.8. The summed E-state index contributed by atoms with van der Waals surface area (Å²) in [6.07, 6.45) is 1.05. The molecule has 0 radical (unpaired) electrons. The van der Waals surface area contributed by atoms with E-state index in [0.29, 0.717) is 17.2 Å². The van der Waals surface area contributed by atoms with Gasteiger partial charge in [0.25, 0.3) is 11.8 Å². The number of esters is 1. The number of hydrogen-bond donors (Lipinski definition) is 0. The molecule has 0 aliphatic rings. The number of thiophene rings is 1. The molecular weight excluding hydrogens is 412 g/mol. The Bertz CT molecular complexity index is 1180. The van der Waals surface area contributed by atoms with E-state index in [2.05, 4.69) is 10.2 Å². The van der Waals surface area contributed by atoms with Gasteiger partial charge in [-0.25, -0.2) is 4.79 Å². The molecule has 4 rings (SSSR count). The summed E-state index contributed by atoms with van der Waals surface area (Å²) in [5.41, 5.74) is 1.90. The van der Waals surface area contributed by atoms with Gasteiger partial charge in [-0.3, -0.25) is 0 Å². The van der Waals surface area contributed by atoms with Gasteiger partial charge in [-0.1, -0.05) is 54.6 Å². The first-order chi connectivity index (χ1) is 15.2. The molecule has 4 aromatic rings. The van der Waals surface area contributed by atoms with Crippen LogP contribution in [0.2, 0.25) is 0 Å². The zero-order chi connectivity index (χ0) is 21.6. The van der Waals surface area contributed by atoms with Crippen LogP contribution in [0.3, 0.4) is 0 Å². The van der Waals surface area contributed by atoms with Gasteiger partial charge in [0.2, 0.25) is 0 Å². The van der Waals surface area contributed by atoms with Crippen molar-refractivity contribution in [2.45, 2.75) is 13.0 Å². The third-order valence-corrected chi connectivity index (χ3v) is 5.41. The van der Waals surface area contributed by atoms with Gasteiger partial charge in [-0.2, -0.15) is 0 Å². The van der Waals surface area contributed by atoms with Gasteiger partial charge in [-0.15, -0.1) is 21.5 Å². The molecule has 1 atom stereocenters. The summed E-state index contributed by atoms with van der Waals surface area (Å²) in [4.78, 5) is 14.0. The number of carbonyl (C=O) groups excluding carboxylic acids is 1. The fraction of sp³-hybridized carbons (Fsp3) is 0.125. The molecule has 2 heterocycles. The quantitative estimate of drug-likeness (QED) is 0.213. The summed E-state index contributed by atoms with van der Waals surface area (Å²) in [5, 5.41) is 10.0. The highest BCUT2D eigenvalue weighted by molar-refractivity contribution is 7.13. The molecule has 0 saturated heterocycles. The van der Waals surface area contributed by atoms with Gasteiger partial charge < -0.3 is 13.9 Å². The van der Waals surface area contributed by atoms with Crippen molar-refractivity contribution < 1.29 is 18.7 Å². The van der Waals surface area contributed by atoms with Crippen LogP contribution < -0.4 is 4.74 Å². The Labute approximate surface area is 183 Å². The summed E-state index contributed by atoms with van der Waals surface area (Å²) in [7, 11) is 1.59. The minimum Gasteiger partial charge on any atom is -0.496 e. The van der Waals surface area contributed by atoms with Crippen molar-refractivity contribution in [3.63, 3.8) is 0 Å². The molecule has 7 heteroatoms. The van der Waals surface area contributed by atoms with Crippen LogP contribution in [-0.4, -0.2) is 23.3 Å². The first-order valence-corrected chi connectivity index (χ1v) is 10.5. The molecular formula is C24H20N2O4S. The number of benzene rings is 2. The summed E-state index contributed by atoms with van der Waals surface area (Å²) in [6.45, 7) is 1.70. The van der Waals surface area contributed by atoms with Gasteiger partial charge in [-0.05, 0) is 36.1 Å². The molecule has 0 fully saturated rings. The van der Waals surface area contributed by atoms with E-state index in [1.54, 1.807) is 20.1 Å². The van der Waals surface area contributed by atoms with E-state index in [1.165, 1.54) is 11.3 Å². The Hall–Kier alpha value is -3.71. The zero-order valence-electron chi connectivity index (χ0n) is 17.0. The highest BCUT2D eigenvalue weighted by Crippen LogP contribution is 2.29. The lowest BCUT2D eigenvalue weighted by Crippen LogP contribution is -2.11. The molecule has 0 N–H and O–H groups in total. The fourth-order valence-electron chi connectivity index (χ4n) is 2.99. The van der Waals surface area contributed by atoms with Gasteiger partial charge in [0.15, 0.2) is 6.10 Å². The van der Waals surface area contributed by atoms with E-state index in [1.807, 2.05) is 72.1 Å². The second kappa shape index (κ2) is 9.40. The zero-order valence-corrected chi connectivity index (χ0v) is 17.8. The molecule has 0 saturated carbocycles. The lowest BCUT2D eigenvalue weighted by Gasteiger charge is -2.13. The average molecular weight is 433 g/mol. The predicted molar refractivity (Wildman–Crippen MR) is 119 cm³/mol. The normalized spacial score (nSPS) is 12.4.